The van der Waals surface area contributed by atoms with E-state index in [0.717, 1.165) is 0 Å². The summed E-state index contributed by atoms with van der Waals surface area (Å²) in [5.74, 6) is 0. The van der Waals surface area contributed by atoms with E-state index in [1.807, 2.05) is 21.6 Å². The van der Waals surface area contributed by atoms with E-state index in [1.54, 1.807) is 0 Å². The zero-order valence-electron chi connectivity index (χ0n) is 9.45. The van der Waals surface area contributed by atoms with E-state index in [1.165, 1.54) is 0 Å². The van der Waals surface area contributed by atoms with E-state index in [4.69, 9.17) is 22.4 Å². The Hall–Kier alpha value is 1.84. The smallest absolute Gasteiger partial charge is 0.0190 e. The van der Waals surface area contributed by atoms with Crippen LogP contribution in [0.2, 0.25) is 0 Å². The lowest BCUT2D eigenvalue weighted by atomic mass is 10.3. The standard InChI is InChI=1S/C8H18S6/c1-7(2,3)11-13(9)14(10)12-8(4,5)6/h1-6H3. The van der Waals surface area contributed by atoms with Crippen LogP contribution in [0.3, 0.4) is 0 Å². The fourth-order valence-electron chi connectivity index (χ4n) is 0.464. The van der Waals surface area contributed by atoms with Crippen LogP contribution < -0.4 is 0 Å². The van der Waals surface area contributed by atoms with E-state index in [2.05, 4.69) is 41.5 Å². The third kappa shape index (κ3) is 9.09. The van der Waals surface area contributed by atoms with Gasteiger partial charge in [0.25, 0.3) is 0 Å². The molecule has 0 fully saturated rings. The van der Waals surface area contributed by atoms with Crippen molar-refractivity contribution in [1.29, 1.82) is 0 Å². The topological polar surface area (TPSA) is 0 Å². The molecule has 0 aromatic carbocycles. The van der Waals surface area contributed by atoms with E-state index in [-0.39, 0.29) is 24.5 Å². The quantitative estimate of drug-likeness (QED) is 0.724. The van der Waals surface area contributed by atoms with Gasteiger partial charge < -0.3 is 0 Å². The summed E-state index contributed by atoms with van der Waals surface area (Å²) >= 11 is 10.9. The number of hydrogen-bond donors (Lipinski definition) is 0. The third-order valence-corrected chi connectivity index (χ3v) is 17.2. The van der Waals surface area contributed by atoms with Crippen molar-refractivity contribution >= 4 is 59.0 Å². The molecule has 0 nitrogen and oxygen atoms in total. The van der Waals surface area contributed by atoms with E-state index in [0.29, 0.717) is 0 Å². The van der Waals surface area contributed by atoms with Crippen molar-refractivity contribution in [1.82, 2.24) is 0 Å². The molecule has 0 saturated carbocycles. The molecule has 14 heavy (non-hydrogen) atoms. The minimum Gasteiger partial charge on any atom is -0.0719 e. The van der Waals surface area contributed by atoms with Gasteiger partial charge in [-0.25, -0.2) is 0 Å². The Balaban J connectivity index is 4.22. The highest BCUT2D eigenvalue weighted by Gasteiger charge is 2.20. The van der Waals surface area contributed by atoms with Gasteiger partial charge in [-0.05, 0) is 22.4 Å². The molecule has 0 aromatic rings. The first-order valence-corrected chi connectivity index (χ1v) is 11.7. The van der Waals surface area contributed by atoms with Crippen LogP contribution in [0.15, 0.2) is 0 Å². The molecule has 0 radical (unpaired) electrons. The maximum Gasteiger partial charge on any atom is 0.0190 e. The summed E-state index contributed by atoms with van der Waals surface area (Å²) in [4.78, 5) is 0. The second-order valence-electron chi connectivity index (χ2n) is 4.80. The third-order valence-electron chi connectivity index (χ3n) is 0.747. The van der Waals surface area contributed by atoms with Gasteiger partial charge in [-0.3, -0.25) is 0 Å². The number of rotatable bonds is 3. The Morgan fingerprint density at radius 1 is 0.714 bits per heavy atom. The molecule has 0 N–H and O–H groups in total. The SMILES string of the molecule is CC(C)(C)SS(=S)S(=S)SC(C)(C)C. The fourth-order valence-corrected chi connectivity index (χ4v) is 15.5. The van der Waals surface area contributed by atoms with Crippen molar-refractivity contribution in [3.05, 3.63) is 0 Å². The maximum atomic E-state index is 5.45. The normalized spacial score (nSPS) is 17.9. The van der Waals surface area contributed by atoms with Crippen molar-refractivity contribution in [2.75, 3.05) is 0 Å². The summed E-state index contributed by atoms with van der Waals surface area (Å²) in [5.41, 5.74) is 0. The molecular formula is C8H18S6. The summed E-state index contributed by atoms with van der Waals surface area (Å²) in [5, 5.41) is 0. The molecule has 2 unspecified atom stereocenters. The number of hydrogen-bond acceptors (Lipinski definition) is 4. The second kappa shape index (κ2) is 5.96. The molecule has 0 amide bonds. The van der Waals surface area contributed by atoms with Gasteiger partial charge >= 0.3 is 0 Å². The molecule has 0 aliphatic rings. The Kier molecular flexibility index (Phi) is 6.74. The highest BCUT2D eigenvalue weighted by atomic mass is 33.9. The first-order chi connectivity index (χ1) is 6.01. The van der Waals surface area contributed by atoms with Crippen LogP contribution in [0, 0.1) is 0 Å². The van der Waals surface area contributed by atoms with Crippen molar-refractivity contribution in [2.24, 2.45) is 0 Å². The van der Waals surface area contributed by atoms with Crippen LogP contribution in [0.25, 0.3) is 0 Å². The van der Waals surface area contributed by atoms with Gasteiger partial charge in [0.2, 0.25) is 0 Å². The Bertz CT molecular complexity index is 205. The van der Waals surface area contributed by atoms with E-state index in [9.17, 15) is 0 Å². The molecule has 0 aliphatic carbocycles. The summed E-state index contributed by atoms with van der Waals surface area (Å²) in [6, 6.07) is 0. The summed E-state index contributed by atoms with van der Waals surface area (Å²) < 4.78 is 0.459. The van der Waals surface area contributed by atoms with Crippen LogP contribution in [0.1, 0.15) is 41.5 Å². The van der Waals surface area contributed by atoms with Crippen LogP contribution in [0.5, 0.6) is 0 Å². The van der Waals surface area contributed by atoms with Gasteiger partial charge in [-0.15, -0.1) is 0 Å². The summed E-state index contributed by atoms with van der Waals surface area (Å²) in [6.45, 7) is 13.2. The Morgan fingerprint density at radius 2 is 0.929 bits per heavy atom. The minimum atomic E-state index is -0.125. The van der Waals surface area contributed by atoms with Gasteiger partial charge in [0, 0.05) is 24.5 Å². The highest BCUT2D eigenvalue weighted by molar-refractivity contribution is 9.28. The fraction of sp³-hybridized carbons (Fsp3) is 1.00. The van der Waals surface area contributed by atoms with Gasteiger partial charge in [-0.1, -0.05) is 63.1 Å². The van der Waals surface area contributed by atoms with Gasteiger partial charge in [0.05, 0.1) is 0 Å². The lowest BCUT2D eigenvalue weighted by molar-refractivity contribution is 0.810. The molecule has 0 rings (SSSR count). The molecule has 0 bridgehead atoms. The van der Waals surface area contributed by atoms with Crippen molar-refractivity contribution in [3.63, 3.8) is 0 Å². The largest absolute Gasteiger partial charge is 0.0719 e. The van der Waals surface area contributed by atoms with Crippen molar-refractivity contribution < 1.29 is 0 Å². The molecule has 0 spiro atoms. The van der Waals surface area contributed by atoms with Crippen LogP contribution in [-0.2, 0) is 37.4 Å². The molecule has 2 atom stereocenters. The average Bonchev–Trinajstić information content (AvgIpc) is 1.78. The predicted molar refractivity (Wildman–Crippen MR) is 84.1 cm³/mol. The van der Waals surface area contributed by atoms with Gasteiger partial charge in [-0.2, -0.15) is 0 Å². The minimum absolute atomic E-state index is 0.125. The lowest BCUT2D eigenvalue weighted by Crippen LogP contribution is -2.13. The van der Waals surface area contributed by atoms with Crippen LogP contribution in [-0.4, -0.2) is 9.49 Å². The molecule has 0 saturated heterocycles. The van der Waals surface area contributed by atoms with Crippen molar-refractivity contribution in [2.45, 2.75) is 51.0 Å². The molecule has 0 heterocycles. The van der Waals surface area contributed by atoms with Crippen LogP contribution >= 0.6 is 21.6 Å². The van der Waals surface area contributed by atoms with Gasteiger partial charge in [0.1, 0.15) is 0 Å². The second-order valence-corrected chi connectivity index (χ2v) is 19.2. The van der Waals surface area contributed by atoms with E-state index < -0.39 is 0 Å². The molecular weight excluding hydrogens is 288 g/mol. The predicted octanol–water partition coefficient (Wildman–Crippen LogP) is 3.96. The monoisotopic (exact) mass is 306 g/mol. The average molecular weight is 307 g/mol. The zero-order valence-corrected chi connectivity index (χ0v) is 14.3. The first kappa shape index (κ1) is 15.8. The maximum absolute atomic E-state index is 5.45. The Labute approximate surface area is 109 Å². The van der Waals surface area contributed by atoms with E-state index >= 15 is 0 Å². The molecule has 0 aromatic heterocycles. The molecule has 86 valence electrons. The van der Waals surface area contributed by atoms with Crippen molar-refractivity contribution in [3.8, 4) is 0 Å². The van der Waals surface area contributed by atoms with Crippen LogP contribution in [0.4, 0.5) is 0 Å². The zero-order chi connectivity index (χ0) is 11.6. The Morgan fingerprint density at radius 3 is 1.07 bits per heavy atom. The first-order valence-electron chi connectivity index (χ1n) is 4.24. The lowest BCUT2D eigenvalue weighted by Gasteiger charge is -2.22. The summed E-state index contributed by atoms with van der Waals surface area (Å²) in [7, 11) is 3.42. The molecule has 6 heteroatoms. The summed E-state index contributed by atoms with van der Waals surface area (Å²) in [6.07, 6.45) is 0. The highest BCUT2D eigenvalue weighted by Crippen LogP contribution is 2.36. The molecule has 0 aliphatic heterocycles. The van der Waals surface area contributed by atoms with Gasteiger partial charge in [0.15, 0.2) is 0 Å².